The predicted molar refractivity (Wildman–Crippen MR) is 89.2 cm³/mol. The highest BCUT2D eigenvalue weighted by Gasteiger charge is 2.21. The van der Waals surface area contributed by atoms with Crippen molar-refractivity contribution in [1.82, 2.24) is 0 Å². The van der Waals surface area contributed by atoms with Crippen molar-refractivity contribution in [2.24, 2.45) is 0 Å². The molecule has 0 fully saturated rings. The van der Waals surface area contributed by atoms with Crippen LogP contribution in [0.15, 0.2) is 53.0 Å². The summed E-state index contributed by atoms with van der Waals surface area (Å²) in [5.74, 6) is -1.80. The first-order chi connectivity index (χ1) is 10.5. The minimum Gasteiger partial charge on any atom is -0.481 e. The molecule has 0 saturated carbocycles. The van der Waals surface area contributed by atoms with Gasteiger partial charge in [-0.3, -0.25) is 9.59 Å². The number of carboxylic acids is 1. The largest absolute Gasteiger partial charge is 0.481 e. The van der Waals surface area contributed by atoms with Crippen molar-refractivity contribution in [2.45, 2.75) is 19.3 Å². The lowest BCUT2D eigenvalue weighted by molar-refractivity contribution is -0.138. The third-order valence-corrected chi connectivity index (χ3v) is 3.93. The van der Waals surface area contributed by atoms with Crippen LogP contribution in [-0.4, -0.2) is 17.0 Å². The van der Waals surface area contributed by atoms with Crippen molar-refractivity contribution in [3.63, 3.8) is 0 Å². The number of nitrogens with one attached hydrogen (secondary N) is 1. The van der Waals surface area contributed by atoms with Crippen LogP contribution in [0.25, 0.3) is 0 Å². The third-order valence-electron chi connectivity index (χ3n) is 3.40. The summed E-state index contributed by atoms with van der Waals surface area (Å²) in [5.41, 5.74) is 1.66. The van der Waals surface area contributed by atoms with Crippen LogP contribution in [0.5, 0.6) is 0 Å². The molecule has 1 unspecified atom stereocenters. The number of rotatable bonds is 5. The molecule has 2 aromatic carbocycles. The molecule has 1 amide bonds. The Bertz CT molecular complexity index is 683. The normalized spacial score (nSPS) is 11.7. The maximum absolute atomic E-state index is 12.3. The molecule has 0 aliphatic rings. The van der Waals surface area contributed by atoms with Crippen molar-refractivity contribution >= 4 is 33.5 Å². The highest BCUT2D eigenvalue weighted by Crippen LogP contribution is 2.27. The lowest BCUT2D eigenvalue weighted by atomic mass is 9.95. The first kappa shape index (κ1) is 16.2. The molecule has 0 heterocycles. The van der Waals surface area contributed by atoms with Gasteiger partial charge in [-0.25, -0.2) is 0 Å². The fourth-order valence-corrected chi connectivity index (χ4v) is 2.50. The Balaban J connectivity index is 2.28. The molecule has 22 heavy (non-hydrogen) atoms. The number of hydrogen-bond donors (Lipinski definition) is 2. The van der Waals surface area contributed by atoms with Gasteiger partial charge >= 0.3 is 5.97 Å². The fraction of sp³-hybridized carbons (Fsp3) is 0.176. The molecule has 0 spiro atoms. The van der Waals surface area contributed by atoms with Gasteiger partial charge in [0, 0.05) is 15.7 Å². The van der Waals surface area contributed by atoms with E-state index in [9.17, 15) is 14.7 Å². The van der Waals surface area contributed by atoms with Gasteiger partial charge in [-0.05, 0) is 42.3 Å². The maximum atomic E-state index is 12.3. The Morgan fingerprint density at radius 2 is 1.77 bits per heavy atom. The summed E-state index contributed by atoms with van der Waals surface area (Å²) in [4.78, 5) is 23.6. The number of anilines is 1. The van der Waals surface area contributed by atoms with E-state index in [-0.39, 0.29) is 5.91 Å². The average molecular weight is 362 g/mol. The number of aliphatic carboxylic acids is 1. The number of amides is 1. The number of halogens is 1. The van der Waals surface area contributed by atoms with Crippen molar-refractivity contribution < 1.29 is 14.7 Å². The van der Waals surface area contributed by atoms with Gasteiger partial charge in [0.05, 0.1) is 5.92 Å². The molecule has 0 radical (unpaired) electrons. The van der Waals surface area contributed by atoms with Crippen LogP contribution in [0.4, 0.5) is 5.69 Å². The molecular weight excluding hydrogens is 346 g/mol. The van der Waals surface area contributed by atoms with Crippen LogP contribution in [0.2, 0.25) is 0 Å². The van der Waals surface area contributed by atoms with Gasteiger partial charge in [0.15, 0.2) is 0 Å². The van der Waals surface area contributed by atoms with E-state index in [0.717, 1.165) is 4.47 Å². The van der Waals surface area contributed by atoms with E-state index < -0.39 is 11.9 Å². The van der Waals surface area contributed by atoms with E-state index in [0.29, 0.717) is 23.2 Å². The van der Waals surface area contributed by atoms with E-state index in [2.05, 4.69) is 21.2 Å². The zero-order chi connectivity index (χ0) is 16.1. The molecule has 0 aromatic heterocycles. The van der Waals surface area contributed by atoms with Gasteiger partial charge in [0.25, 0.3) is 5.91 Å². The SMILES string of the molecule is CCC(C(=O)O)c1ccccc1NC(=O)c1ccc(Br)cc1. The average Bonchev–Trinajstić information content (AvgIpc) is 2.50. The van der Waals surface area contributed by atoms with E-state index >= 15 is 0 Å². The highest BCUT2D eigenvalue weighted by atomic mass is 79.9. The molecule has 0 aliphatic carbocycles. The van der Waals surface area contributed by atoms with Crippen LogP contribution in [0.3, 0.4) is 0 Å². The molecule has 5 heteroatoms. The van der Waals surface area contributed by atoms with Crippen molar-refractivity contribution in [3.05, 3.63) is 64.1 Å². The van der Waals surface area contributed by atoms with E-state index in [1.54, 1.807) is 48.5 Å². The minimum atomic E-state index is -0.896. The smallest absolute Gasteiger partial charge is 0.311 e. The van der Waals surface area contributed by atoms with E-state index in [4.69, 9.17) is 0 Å². The molecule has 0 bridgehead atoms. The monoisotopic (exact) mass is 361 g/mol. The summed E-state index contributed by atoms with van der Waals surface area (Å²) in [6.45, 7) is 1.81. The molecule has 0 aliphatic heterocycles. The minimum absolute atomic E-state index is 0.264. The summed E-state index contributed by atoms with van der Waals surface area (Å²) in [5, 5.41) is 12.1. The molecule has 0 saturated heterocycles. The second-order valence-corrected chi connectivity index (χ2v) is 5.76. The standard InChI is InChI=1S/C17H16BrNO3/c1-2-13(17(21)22)14-5-3-4-6-15(14)19-16(20)11-7-9-12(18)10-8-11/h3-10,13H,2H2,1H3,(H,19,20)(H,21,22). The number of benzene rings is 2. The Kier molecular flexibility index (Phi) is 5.33. The third kappa shape index (κ3) is 3.74. The summed E-state index contributed by atoms with van der Waals surface area (Å²) in [6.07, 6.45) is 0.459. The lowest BCUT2D eigenvalue weighted by Gasteiger charge is -2.16. The Morgan fingerprint density at radius 3 is 2.36 bits per heavy atom. The van der Waals surface area contributed by atoms with Crippen LogP contribution in [0.1, 0.15) is 35.2 Å². The Morgan fingerprint density at radius 1 is 1.14 bits per heavy atom. The van der Waals surface area contributed by atoms with Crippen molar-refractivity contribution in [1.29, 1.82) is 0 Å². The predicted octanol–water partition coefficient (Wildman–Crippen LogP) is 4.28. The molecule has 2 N–H and O–H groups in total. The van der Waals surface area contributed by atoms with Gasteiger partial charge in [-0.1, -0.05) is 41.1 Å². The van der Waals surface area contributed by atoms with Gasteiger partial charge < -0.3 is 10.4 Å². The summed E-state index contributed by atoms with van der Waals surface area (Å²) >= 11 is 3.32. The van der Waals surface area contributed by atoms with E-state index in [1.165, 1.54) is 0 Å². The number of carboxylic acid groups (broad SMARTS) is 1. The summed E-state index contributed by atoms with van der Waals surface area (Å²) in [7, 11) is 0. The molecule has 114 valence electrons. The topological polar surface area (TPSA) is 66.4 Å². The maximum Gasteiger partial charge on any atom is 0.311 e. The molecule has 4 nitrogen and oxygen atoms in total. The summed E-state index contributed by atoms with van der Waals surface area (Å²) in [6, 6.07) is 14.0. The zero-order valence-electron chi connectivity index (χ0n) is 12.0. The lowest BCUT2D eigenvalue weighted by Crippen LogP contribution is -2.17. The quantitative estimate of drug-likeness (QED) is 0.834. The number of carbonyl (C=O) groups is 2. The van der Waals surface area contributed by atoms with Crippen LogP contribution < -0.4 is 5.32 Å². The summed E-state index contributed by atoms with van der Waals surface area (Å²) < 4.78 is 0.890. The Labute approximate surface area is 137 Å². The van der Waals surface area contributed by atoms with Crippen molar-refractivity contribution in [3.8, 4) is 0 Å². The molecule has 2 rings (SSSR count). The van der Waals surface area contributed by atoms with Crippen LogP contribution in [-0.2, 0) is 4.79 Å². The number of carbonyl (C=O) groups excluding carboxylic acids is 1. The van der Waals surface area contributed by atoms with Gasteiger partial charge in [-0.15, -0.1) is 0 Å². The fourth-order valence-electron chi connectivity index (χ4n) is 2.24. The molecular formula is C17H16BrNO3. The van der Waals surface area contributed by atoms with Crippen LogP contribution >= 0.6 is 15.9 Å². The van der Waals surface area contributed by atoms with Crippen molar-refractivity contribution in [2.75, 3.05) is 5.32 Å². The van der Waals surface area contributed by atoms with Gasteiger partial charge in [0.2, 0.25) is 0 Å². The van der Waals surface area contributed by atoms with Gasteiger partial charge in [-0.2, -0.15) is 0 Å². The number of para-hydroxylation sites is 1. The van der Waals surface area contributed by atoms with Crippen LogP contribution in [0, 0.1) is 0 Å². The second-order valence-electron chi connectivity index (χ2n) is 4.85. The molecule has 2 aromatic rings. The Hall–Kier alpha value is -2.14. The van der Waals surface area contributed by atoms with E-state index in [1.807, 2.05) is 6.92 Å². The first-order valence-corrected chi connectivity index (χ1v) is 7.71. The molecule has 1 atom stereocenters. The highest BCUT2D eigenvalue weighted by molar-refractivity contribution is 9.10. The first-order valence-electron chi connectivity index (χ1n) is 6.91. The van der Waals surface area contributed by atoms with Gasteiger partial charge in [0.1, 0.15) is 0 Å². The second kappa shape index (κ2) is 7.22. The zero-order valence-corrected chi connectivity index (χ0v) is 13.6. The number of hydrogen-bond acceptors (Lipinski definition) is 2.